The summed E-state index contributed by atoms with van der Waals surface area (Å²) in [7, 11) is 0. The topological polar surface area (TPSA) is 26.0 Å². The quantitative estimate of drug-likeness (QED) is 0.702. The average Bonchev–Trinajstić information content (AvgIpc) is 2.53. The van der Waals surface area contributed by atoms with E-state index in [-0.39, 0.29) is 11.9 Å². The van der Waals surface area contributed by atoms with Crippen LogP contribution in [-0.2, 0) is 0 Å². The smallest absolute Gasteiger partial charge is 0.123 e. The number of hydrogen-bond donors (Lipinski definition) is 1. The molecule has 1 atom stereocenters. The minimum Gasteiger partial charge on any atom is -0.323 e. The van der Waals surface area contributed by atoms with Gasteiger partial charge in [0.1, 0.15) is 5.82 Å². The second-order valence-corrected chi connectivity index (χ2v) is 6.07. The van der Waals surface area contributed by atoms with E-state index in [4.69, 9.17) is 5.73 Å². The van der Waals surface area contributed by atoms with Crippen LogP contribution >= 0.6 is 11.8 Å². The van der Waals surface area contributed by atoms with E-state index in [1.165, 1.54) is 27.8 Å². The summed E-state index contributed by atoms with van der Waals surface area (Å²) in [5.41, 5.74) is 7.12. The lowest BCUT2D eigenvalue weighted by molar-refractivity contribution is 0.626. The van der Waals surface area contributed by atoms with E-state index in [2.05, 4.69) is 30.3 Å². The second kappa shape index (κ2) is 6.29. The molecule has 21 heavy (non-hydrogen) atoms. The molecule has 106 valence electrons. The van der Waals surface area contributed by atoms with Gasteiger partial charge in [-0.25, -0.2) is 4.39 Å². The summed E-state index contributed by atoms with van der Waals surface area (Å²) < 4.78 is 12.9. The zero-order chi connectivity index (χ0) is 14.7. The van der Waals surface area contributed by atoms with Crippen LogP contribution in [0.5, 0.6) is 0 Å². The molecule has 0 aliphatic carbocycles. The van der Waals surface area contributed by atoms with Crippen molar-refractivity contribution in [1.82, 2.24) is 0 Å². The zero-order valence-corrected chi connectivity index (χ0v) is 12.3. The van der Waals surface area contributed by atoms with Gasteiger partial charge in [-0.15, -0.1) is 11.8 Å². The molecule has 0 aliphatic rings. The summed E-state index contributed by atoms with van der Waals surface area (Å²) in [6.45, 7) is 0. The molecule has 0 aromatic heterocycles. The Hall–Kier alpha value is -1.84. The van der Waals surface area contributed by atoms with Gasteiger partial charge in [0.15, 0.2) is 0 Å². The summed E-state index contributed by atoms with van der Waals surface area (Å²) in [6, 6.07) is 21.0. The van der Waals surface area contributed by atoms with E-state index in [0.717, 1.165) is 11.3 Å². The van der Waals surface area contributed by atoms with Crippen molar-refractivity contribution >= 4 is 22.5 Å². The first-order valence-electron chi connectivity index (χ1n) is 6.85. The predicted molar refractivity (Wildman–Crippen MR) is 88.0 cm³/mol. The van der Waals surface area contributed by atoms with Crippen LogP contribution in [0.4, 0.5) is 4.39 Å². The van der Waals surface area contributed by atoms with Crippen molar-refractivity contribution < 1.29 is 4.39 Å². The Kier molecular flexibility index (Phi) is 4.23. The highest BCUT2D eigenvalue weighted by Crippen LogP contribution is 2.26. The molecule has 0 saturated heterocycles. The molecule has 0 aliphatic heterocycles. The Morgan fingerprint density at radius 2 is 1.62 bits per heavy atom. The van der Waals surface area contributed by atoms with Crippen molar-refractivity contribution in [1.29, 1.82) is 0 Å². The third kappa shape index (κ3) is 3.43. The Morgan fingerprint density at radius 1 is 0.905 bits per heavy atom. The Labute approximate surface area is 128 Å². The molecular weight excluding hydrogens is 281 g/mol. The maximum atomic E-state index is 12.9. The van der Waals surface area contributed by atoms with Crippen LogP contribution in [0.3, 0.4) is 0 Å². The zero-order valence-electron chi connectivity index (χ0n) is 11.5. The average molecular weight is 297 g/mol. The van der Waals surface area contributed by atoms with Crippen molar-refractivity contribution in [2.24, 2.45) is 5.73 Å². The van der Waals surface area contributed by atoms with Gasteiger partial charge >= 0.3 is 0 Å². The second-order valence-electron chi connectivity index (χ2n) is 4.98. The number of halogens is 1. The van der Waals surface area contributed by atoms with Gasteiger partial charge in [-0.3, -0.25) is 0 Å². The largest absolute Gasteiger partial charge is 0.323 e. The number of nitrogens with two attached hydrogens (primary N) is 1. The van der Waals surface area contributed by atoms with Gasteiger partial charge in [-0.05, 0) is 40.6 Å². The third-order valence-electron chi connectivity index (χ3n) is 3.45. The van der Waals surface area contributed by atoms with Gasteiger partial charge in [0.05, 0.1) is 0 Å². The number of benzene rings is 3. The number of fused-ring (bicyclic) bond motifs is 1. The van der Waals surface area contributed by atoms with Gasteiger partial charge in [-0.1, -0.05) is 42.5 Å². The van der Waals surface area contributed by atoms with Gasteiger partial charge in [0, 0.05) is 16.7 Å². The monoisotopic (exact) mass is 297 g/mol. The first-order valence-corrected chi connectivity index (χ1v) is 7.83. The molecular formula is C18H16FNS. The van der Waals surface area contributed by atoms with Crippen LogP contribution in [0.25, 0.3) is 10.8 Å². The lowest BCUT2D eigenvalue weighted by Crippen LogP contribution is -2.12. The van der Waals surface area contributed by atoms with Crippen molar-refractivity contribution in [2.45, 2.75) is 10.9 Å². The van der Waals surface area contributed by atoms with E-state index in [9.17, 15) is 4.39 Å². The molecule has 0 fully saturated rings. The van der Waals surface area contributed by atoms with Crippen LogP contribution in [0.2, 0.25) is 0 Å². The minimum absolute atomic E-state index is 0.0953. The lowest BCUT2D eigenvalue weighted by Gasteiger charge is -2.12. The van der Waals surface area contributed by atoms with Crippen LogP contribution in [-0.4, -0.2) is 5.75 Å². The van der Waals surface area contributed by atoms with E-state index in [1.54, 1.807) is 23.9 Å². The first-order chi connectivity index (χ1) is 10.2. The molecule has 1 unspecified atom stereocenters. The van der Waals surface area contributed by atoms with Gasteiger partial charge in [0.25, 0.3) is 0 Å². The Balaban J connectivity index is 1.69. The van der Waals surface area contributed by atoms with Gasteiger partial charge in [-0.2, -0.15) is 0 Å². The molecule has 3 rings (SSSR count). The fraction of sp³-hybridized carbons (Fsp3) is 0.111. The molecule has 0 radical (unpaired) electrons. The fourth-order valence-corrected chi connectivity index (χ4v) is 3.19. The number of hydrogen-bond acceptors (Lipinski definition) is 2. The summed E-state index contributed by atoms with van der Waals surface area (Å²) in [6.07, 6.45) is 0. The molecule has 0 amide bonds. The van der Waals surface area contributed by atoms with Crippen LogP contribution in [0.15, 0.2) is 71.6 Å². The van der Waals surface area contributed by atoms with Crippen molar-refractivity contribution in [3.63, 3.8) is 0 Å². The summed E-state index contributed by atoms with van der Waals surface area (Å²) >= 11 is 1.72. The molecule has 0 heterocycles. The highest BCUT2D eigenvalue weighted by atomic mass is 32.2. The normalized spacial score (nSPS) is 12.5. The lowest BCUT2D eigenvalue weighted by atomic mass is 10.1. The van der Waals surface area contributed by atoms with E-state index < -0.39 is 0 Å². The minimum atomic E-state index is -0.229. The molecule has 3 aromatic rings. The molecule has 3 heteroatoms. The molecule has 3 aromatic carbocycles. The summed E-state index contributed by atoms with van der Waals surface area (Å²) in [5.74, 6) is 0.539. The molecule has 0 bridgehead atoms. The maximum Gasteiger partial charge on any atom is 0.123 e. The van der Waals surface area contributed by atoms with Crippen LogP contribution in [0, 0.1) is 5.82 Å². The Bertz CT molecular complexity index is 740. The van der Waals surface area contributed by atoms with E-state index >= 15 is 0 Å². The van der Waals surface area contributed by atoms with Crippen molar-refractivity contribution in [2.75, 3.05) is 5.75 Å². The summed E-state index contributed by atoms with van der Waals surface area (Å²) in [5, 5.41) is 2.47. The molecule has 0 saturated carbocycles. The van der Waals surface area contributed by atoms with E-state index in [1.807, 2.05) is 12.1 Å². The van der Waals surface area contributed by atoms with E-state index in [0.29, 0.717) is 0 Å². The van der Waals surface area contributed by atoms with Crippen molar-refractivity contribution in [3.05, 3.63) is 78.1 Å². The molecule has 0 spiro atoms. The SMILES string of the molecule is NC(CSc1ccc2ccccc2c1)c1ccc(F)cc1. The van der Waals surface area contributed by atoms with Gasteiger partial charge < -0.3 is 5.73 Å². The van der Waals surface area contributed by atoms with Crippen LogP contribution < -0.4 is 5.73 Å². The standard InChI is InChI=1S/C18H16FNS/c19-16-8-5-14(6-9-16)18(20)12-21-17-10-7-13-3-1-2-4-15(13)11-17/h1-11,18H,12,20H2. The fourth-order valence-electron chi connectivity index (χ4n) is 2.25. The highest BCUT2D eigenvalue weighted by Gasteiger charge is 2.07. The van der Waals surface area contributed by atoms with Crippen LogP contribution in [0.1, 0.15) is 11.6 Å². The van der Waals surface area contributed by atoms with Crippen molar-refractivity contribution in [3.8, 4) is 0 Å². The van der Waals surface area contributed by atoms with Gasteiger partial charge in [0.2, 0.25) is 0 Å². The first kappa shape index (κ1) is 14.1. The number of rotatable bonds is 4. The molecule has 2 N–H and O–H groups in total. The Morgan fingerprint density at radius 3 is 2.38 bits per heavy atom. The number of thioether (sulfide) groups is 1. The predicted octanol–water partition coefficient (Wildman–Crippen LogP) is 4.77. The highest BCUT2D eigenvalue weighted by molar-refractivity contribution is 7.99. The molecule has 1 nitrogen and oxygen atoms in total. The third-order valence-corrected chi connectivity index (χ3v) is 4.56. The maximum absolute atomic E-state index is 12.9. The summed E-state index contributed by atoms with van der Waals surface area (Å²) in [4.78, 5) is 1.20.